The first-order valence-corrected chi connectivity index (χ1v) is 3.72. The first-order chi connectivity index (χ1) is 5.29. The van der Waals surface area contributed by atoms with E-state index in [1.807, 2.05) is 0 Å². The van der Waals surface area contributed by atoms with Crippen LogP contribution in [0.5, 0.6) is 0 Å². The van der Waals surface area contributed by atoms with E-state index in [9.17, 15) is 0 Å². The highest BCUT2D eigenvalue weighted by atomic mass is 35.5. The highest BCUT2D eigenvalue weighted by Crippen LogP contribution is 2.29. The Balaban J connectivity index is 2.93. The Kier molecular flexibility index (Phi) is 1.51. The summed E-state index contributed by atoms with van der Waals surface area (Å²) < 4.78 is 5.00. The lowest BCUT2D eigenvalue weighted by atomic mass is 10.3. The summed E-state index contributed by atoms with van der Waals surface area (Å²) in [4.78, 5) is 3.91. The summed E-state index contributed by atoms with van der Waals surface area (Å²) in [6, 6.07) is 3.45. The van der Waals surface area contributed by atoms with Crippen molar-refractivity contribution in [3.8, 4) is 0 Å². The van der Waals surface area contributed by atoms with Crippen LogP contribution in [-0.4, -0.2) is 4.98 Å². The van der Waals surface area contributed by atoms with E-state index < -0.39 is 0 Å². The molecule has 0 aliphatic rings. The fourth-order valence-corrected chi connectivity index (χ4v) is 1.22. The molecule has 0 N–H and O–H groups in total. The SMILES string of the molecule is Clc1ccc2ncoc2c1Cl. The molecular weight excluding hydrogens is 185 g/mol. The van der Waals surface area contributed by atoms with E-state index in [0.29, 0.717) is 15.6 Å². The number of rotatable bonds is 0. The summed E-state index contributed by atoms with van der Waals surface area (Å²) >= 11 is 11.5. The maximum atomic E-state index is 5.80. The fourth-order valence-electron chi connectivity index (χ4n) is 0.871. The quantitative estimate of drug-likeness (QED) is 0.634. The van der Waals surface area contributed by atoms with E-state index in [1.54, 1.807) is 12.1 Å². The van der Waals surface area contributed by atoms with Gasteiger partial charge in [0.05, 0.1) is 5.02 Å². The van der Waals surface area contributed by atoms with Gasteiger partial charge in [-0.25, -0.2) is 4.98 Å². The summed E-state index contributed by atoms with van der Waals surface area (Å²) in [6.07, 6.45) is 1.34. The Labute approximate surface area is 72.7 Å². The second-order valence-electron chi connectivity index (χ2n) is 2.06. The number of fused-ring (bicyclic) bond motifs is 1. The summed E-state index contributed by atoms with van der Waals surface area (Å²) in [5.41, 5.74) is 1.26. The van der Waals surface area contributed by atoms with Gasteiger partial charge in [0.1, 0.15) is 10.5 Å². The van der Waals surface area contributed by atoms with E-state index in [1.165, 1.54) is 6.39 Å². The van der Waals surface area contributed by atoms with Gasteiger partial charge in [-0.1, -0.05) is 23.2 Å². The molecule has 0 amide bonds. The Hall–Kier alpha value is -0.730. The number of nitrogens with zero attached hydrogens (tertiary/aromatic N) is 1. The van der Waals surface area contributed by atoms with Gasteiger partial charge in [0.2, 0.25) is 0 Å². The molecule has 0 bridgehead atoms. The van der Waals surface area contributed by atoms with Crippen LogP contribution in [0.25, 0.3) is 11.1 Å². The zero-order chi connectivity index (χ0) is 7.84. The predicted octanol–water partition coefficient (Wildman–Crippen LogP) is 3.13. The second kappa shape index (κ2) is 2.40. The predicted molar refractivity (Wildman–Crippen MR) is 44.0 cm³/mol. The monoisotopic (exact) mass is 187 g/mol. The molecule has 4 heteroatoms. The number of aromatic nitrogens is 1. The second-order valence-corrected chi connectivity index (χ2v) is 2.85. The van der Waals surface area contributed by atoms with Crippen molar-refractivity contribution in [2.75, 3.05) is 0 Å². The van der Waals surface area contributed by atoms with E-state index in [2.05, 4.69) is 4.98 Å². The Bertz CT molecular complexity index is 396. The molecule has 56 valence electrons. The third kappa shape index (κ3) is 0.988. The van der Waals surface area contributed by atoms with Crippen molar-refractivity contribution in [3.63, 3.8) is 0 Å². The van der Waals surface area contributed by atoms with Gasteiger partial charge < -0.3 is 4.42 Å². The average Bonchev–Trinajstić information content (AvgIpc) is 2.45. The largest absolute Gasteiger partial charge is 0.442 e. The molecule has 0 radical (unpaired) electrons. The molecule has 2 rings (SSSR count). The number of hydrogen-bond acceptors (Lipinski definition) is 2. The van der Waals surface area contributed by atoms with Crippen LogP contribution >= 0.6 is 23.2 Å². The van der Waals surface area contributed by atoms with Crippen molar-refractivity contribution in [3.05, 3.63) is 28.6 Å². The number of oxazole rings is 1. The first-order valence-electron chi connectivity index (χ1n) is 2.96. The molecule has 1 heterocycles. The third-order valence-electron chi connectivity index (χ3n) is 1.39. The average molecular weight is 188 g/mol. The summed E-state index contributed by atoms with van der Waals surface area (Å²) in [5, 5.41) is 0.901. The molecule has 0 aliphatic carbocycles. The lowest BCUT2D eigenvalue weighted by Crippen LogP contribution is -1.70. The number of benzene rings is 1. The van der Waals surface area contributed by atoms with Gasteiger partial charge in [0, 0.05) is 0 Å². The Morgan fingerprint density at radius 1 is 1.27 bits per heavy atom. The van der Waals surface area contributed by atoms with Crippen LogP contribution < -0.4 is 0 Å². The minimum absolute atomic E-state index is 0.418. The normalized spacial score (nSPS) is 10.7. The van der Waals surface area contributed by atoms with E-state index >= 15 is 0 Å². The maximum Gasteiger partial charge on any atom is 0.182 e. The number of hydrogen-bond donors (Lipinski definition) is 0. The van der Waals surface area contributed by atoms with Gasteiger partial charge in [-0.15, -0.1) is 0 Å². The molecule has 0 spiro atoms. The fraction of sp³-hybridized carbons (Fsp3) is 0. The molecule has 0 saturated heterocycles. The van der Waals surface area contributed by atoms with E-state index in [4.69, 9.17) is 27.6 Å². The van der Waals surface area contributed by atoms with Crippen molar-refractivity contribution in [1.82, 2.24) is 4.98 Å². The van der Waals surface area contributed by atoms with Gasteiger partial charge >= 0.3 is 0 Å². The van der Waals surface area contributed by atoms with Gasteiger partial charge in [-0.3, -0.25) is 0 Å². The van der Waals surface area contributed by atoms with E-state index in [0.717, 1.165) is 5.52 Å². The zero-order valence-corrected chi connectivity index (χ0v) is 6.86. The van der Waals surface area contributed by atoms with Gasteiger partial charge in [0.15, 0.2) is 12.0 Å². The molecule has 1 aromatic heterocycles. The van der Waals surface area contributed by atoms with Crippen molar-refractivity contribution in [2.24, 2.45) is 0 Å². The molecule has 2 aromatic rings. The topological polar surface area (TPSA) is 26.0 Å². The summed E-state index contributed by atoms with van der Waals surface area (Å²) in [6.45, 7) is 0. The minimum atomic E-state index is 0.418. The van der Waals surface area contributed by atoms with Gasteiger partial charge in [-0.05, 0) is 12.1 Å². The smallest absolute Gasteiger partial charge is 0.182 e. The molecule has 0 fully saturated rings. The molecule has 0 unspecified atom stereocenters. The standard InChI is InChI=1S/C7H3Cl2NO/c8-4-1-2-5-7(6(4)9)11-3-10-5/h1-3H. The maximum absolute atomic E-state index is 5.80. The van der Waals surface area contributed by atoms with E-state index in [-0.39, 0.29) is 0 Å². The Morgan fingerprint density at radius 2 is 2.09 bits per heavy atom. The number of halogens is 2. The van der Waals surface area contributed by atoms with Crippen molar-refractivity contribution >= 4 is 34.3 Å². The van der Waals surface area contributed by atoms with Crippen LogP contribution in [0.1, 0.15) is 0 Å². The highest BCUT2D eigenvalue weighted by Gasteiger charge is 2.06. The highest BCUT2D eigenvalue weighted by molar-refractivity contribution is 6.44. The first kappa shape index (κ1) is 6.95. The minimum Gasteiger partial charge on any atom is -0.442 e. The molecule has 2 nitrogen and oxygen atoms in total. The molecular formula is C7H3Cl2NO. The lowest BCUT2D eigenvalue weighted by Gasteiger charge is -1.92. The van der Waals surface area contributed by atoms with Crippen LogP contribution in [-0.2, 0) is 0 Å². The van der Waals surface area contributed by atoms with Gasteiger partial charge in [-0.2, -0.15) is 0 Å². The lowest BCUT2D eigenvalue weighted by molar-refractivity contribution is 0.602. The third-order valence-corrected chi connectivity index (χ3v) is 2.18. The van der Waals surface area contributed by atoms with Crippen molar-refractivity contribution in [1.29, 1.82) is 0 Å². The van der Waals surface area contributed by atoms with Crippen LogP contribution in [0, 0.1) is 0 Å². The molecule has 1 aromatic carbocycles. The van der Waals surface area contributed by atoms with Crippen LogP contribution in [0.2, 0.25) is 10.0 Å². The molecule has 0 atom stereocenters. The van der Waals surface area contributed by atoms with Crippen molar-refractivity contribution in [2.45, 2.75) is 0 Å². The van der Waals surface area contributed by atoms with Crippen LogP contribution in [0.3, 0.4) is 0 Å². The molecule has 0 saturated carbocycles. The van der Waals surface area contributed by atoms with Crippen LogP contribution in [0.4, 0.5) is 0 Å². The van der Waals surface area contributed by atoms with Crippen LogP contribution in [0.15, 0.2) is 22.9 Å². The Morgan fingerprint density at radius 3 is 2.91 bits per heavy atom. The molecule has 0 aliphatic heterocycles. The zero-order valence-electron chi connectivity index (χ0n) is 5.34. The summed E-state index contributed by atoms with van der Waals surface area (Å²) in [5.74, 6) is 0. The molecule has 11 heavy (non-hydrogen) atoms. The van der Waals surface area contributed by atoms with Crippen molar-refractivity contribution < 1.29 is 4.42 Å². The summed E-state index contributed by atoms with van der Waals surface area (Å²) in [7, 11) is 0. The van der Waals surface area contributed by atoms with Gasteiger partial charge in [0.25, 0.3) is 0 Å².